The molecule has 0 spiro atoms. The van der Waals surface area contributed by atoms with Gasteiger partial charge in [-0.3, -0.25) is 19.7 Å². The first-order valence-electron chi connectivity index (χ1n) is 10.6. The van der Waals surface area contributed by atoms with Crippen molar-refractivity contribution in [2.24, 2.45) is 0 Å². The van der Waals surface area contributed by atoms with E-state index in [-0.39, 0.29) is 34.4 Å². The van der Waals surface area contributed by atoms with Crippen LogP contribution in [-0.2, 0) is 16.1 Å². The fourth-order valence-corrected chi connectivity index (χ4v) is 4.65. The predicted molar refractivity (Wildman–Crippen MR) is 122 cm³/mol. The Balaban J connectivity index is 1.20. The average Bonchev–Trinajstić information content (AvgIpc) is 3.44. The van der Waals surface area contributed by atoms with Crippen LogP contribution in [0.15, 0.2) is 34.9 Å². The molecule has 13 heteroatoms. The Morgan fingerprint density at radius 2 is 2.00 bits per heavy atom. The van der Waals surface area contributed by atoms with E-state index in [1.165, 1.54) is 54.1 Å². The zero-order chi connectivity index (χ0) is 24.2. The monoisotopic (exact) mass is 489 g/mol. The summed E-state index contributed by atoms with van der Waals surface area (Å²) >= 11 is 1.28. The lowest BCUT2D eigenvalue weighted by molar-refractivity contribution is -0.384. The Morgan fingerprint density at radius 1 is 1.26 bits per heavy atom. The molecule has 2 aromatic rings. The number of hydrogen-bond donors (Lipinski definition) is 1. The van der Waals surface area contributed by atoms with Crippen LogP contribution in [0.5, 0.6) is 0 Å². The summed E-state index contributed by atoms with van der Waals surface area (Å²) in [6.45, 7) is 3.51. The molecule has 1 atom stereocenters. The number of carbonyl (C=O) groups is 3. The number of anilines is 1. The summed E-state index contributed by atoms with van der Waals surface area (Å²) in [6.07, 6.45) is 1.34. The molecular formula is C21H23N5O7S. The second kappa shape index (κ2) is 10.1. The van der Waals surface area contributed by atoms with Gasteiger partial charge in [0.2, 0.25) is 0 Å². The molecule has 4 rings (SSSR count). The average molecular weight is 490 g/mol. The highest BCUT2D eigenvalue weighted by Gasteiger charge is 2.33. The van der Waals surface area contributed by atoms with E-state index in [1.54, 1.807) is 0 Å². The number of rotatable bonds is 7. The van der Waals surface area contributed by atoms with Gasteiger partial charge >= 0.3 is 6.09 Å². The maximum absolute atomic E-state index is 12.5. The van der Waals surface area contributed by atoms with Crippen LogP contribution in [0.1, 0.15) is 29.4 Å². The van der Waals surface area contributed by atoms with Gasteiger partial charge < -0.3 is 24.3 Å². The van der Waals surface area contributed by atoms with Crippen LogP contribution >= 0.6 is 11.8 Å². The molecule has 2 aliphatic heterocycles. The largest absolute Gasteiger partial charge is 0.445 e. The third kappa shape index (κ3) is 5.65. The normalized spacial score (nSPS) is 17.9. The summed E-state index contributed by atoms with van der Waals surface area (Å²) in [5, 5.41) is 13.8. The first kappa shape index (κ1) is 23.5. The van der Waals surface area contributed by atoms with Crippen molar-refractivity contribution < 1.29 is 28.5 Å². The minimum atomic E-state index is -0.519. The fourth-order valence-electron chi connectivity index (χ4n) is 3.67. The molecule has 3 heterocycles. The standard InChI is InChI=1S/C21H23N5O7S/c1-13(27)34-17-9-25(10-17)20-23-18(12-32-20)19(28)22-15-6-7-24(8-15)21(29)33-11-14-2-4-16(5-3-14)26(30)31/h2-5,12,15,17H,6-11H2,1H3,(H,22,28)/t15-/m1/s1. The Kier molecular flexibility index (Phi) is 7.01. The molecule has 2 amide bonds. The number of oxazole rings is 1. The number of carbonyl (C=O) groups excluding carboxylic acids is 3. The van der Waals surface area contributed by atoms with E-state index in [4.69, 9.17) is 9.15 Å². The fraction of sp³-hybridized carbons (Fsp3) is 0.429. The van der Waals surface area contributed by atoms with Gasteiger partial charge in [-0.15, -0.1) is 0 Å². The number of likely N-dealkylation sites (tertiary alicyclic amines) is 1. The molecule has 1 aromatic heterocycles. The predicted octanol–water partition coefficient (Wildman–Crippen LogP) is 2.19. The summed E-state index contributed by atoms with van der Waals surface area (Å²) < 4.78 is 10.7. The van der Waals surface area contributed by atoms with Crippen molar-refractivity contribution in [3.63, 3.8) is 0 Å². The van der Waals surface area contributed by atoms with Gasteiger partial charge in [0.15, 0.2) is 10.8 Å². The van der Waals surface area contributed by atoms with Crippen LogP contribution in [0.2, 0.25) is 0 Å². The van der Waals surface area contributed by atoms with Gasteiger partial charge in [-0.1, -0.05) is 11.8 Å². The van der Waals surface area contributed by atoms with Crippen LogP contribution in [0.25, 0.3) is 0 Å². The van der Waals surface area contributed by atoms with E-state index in [0.717, 1.165) is 0 Å². The lowest BCUT2D eigenvalue weighted by Gasteiger charge is -2.36. The smallest absolute Gasteiger partial charge is 0.410 e. The van der Waals surface area contributed by atoms with Gasteiger partial charge in [-0.25, -0.2) is 4.79 Å². The van der Waals surface area contributed by atoms with Gasteiger partial charge in [-0.2, -0.15) is 4.98 Å². The molecule has 1 N–H and O–H groups in total. The lowest BCUT2D eigenvalue weighted by Crippen LogP contribution is -2.49. The van der Waals surface area contributed by atoms with Crippen LogP contribution in [0.3, 0.4) is 0 Å². The van der Waals surface area contributed by atoms with Crippen LogP contribution in [0, 0.1) is 10.1 Å². The van der Waals surface area contributed by atoms with E-state index >= 15 is 0 Å². The molecule has 34 heavy (non-hydrogen) atoms. The molecule has 0 saturated carbocycles. The van der Waals surface area contributed by atoms with Crippen LogP contribution in [-0.4, -0.2) is 69.4 Å². The second-order valence-corrected chi connectivity index (χ2v) is 9.51. The molecule has 0 aliphatic carbocycles. The highest BCUT2D eigenvalue weighted by Crippen LogP contribution is 2.27. The minimum Gasteiger partial charge on any atom is -0.445 e. The molecule has 0 unspecified atom stereocenters. The number of nitro benzene ring substituents is 1. The number of thioether (sulfide) groups is 1. The first-order valence-corrected chi connectivity index (χ1v) is 11.5. The zero-order valence-corrected chi connectivity index (χ0v) is 19.2. The Bertz CT molecular complexity index is 1080. The van der Waals surface area contributed by atoms with E-state index in [9.17, 15) is 24.5 Å². The Labute approximate surface area is 198 Å². The number of ether oxygens (including phenoxy) is 1. The molecule has 12 nitrogen and oxygen atoms in total. The number of non-ortho nitro benzene ring substituents is 1. The highest BCUT2D eigenvalue weighted by atomic mass is 32.2. The summed E-state index contributed by atoms with van der Waals surface area (Å²) in [6, 6.07) is 5.87. The van der Waals surface area contributed by atoms with E-state index in [0.29, 0.717) is 44.2 Å². The van der Waals surface area contributed by atoms with Crippen LogP contribution < -0.4 is 10.2 Å². The number of nitro groups is 1. The molecule has 2 fully saturated rings. The zero-order valence-electron chi connectivity index (χ0n) is 18.3. The Hall–Kier alpha value is -3.61. The number of nitrogens with one attached hydrogen (secondary N) is 1. The molecule has 180 valence electrons. The third-order valence-corrected chi connectivity index (χ3v) is 6.43. The van der Waals surface area contributed by atoms with Gasteiger partial charge in [-0.05, 0) is 24.1 Å². The first-order chi connectivity index (χ1) is 16.3. The number of nitrogens with zero attached hydrogens (tertiary/aromatic N) is 4. The molecule has 1 aromatic carbocycles. The van der Waals surface area contributed by atoms with Crippen molar-refractivity contribution in [1.82, 2.24) is 15.2 Å². The summed E-state index contributed by atoms with van der Waals surface area (Å²) in [5.74, 6) is -0.392. The van der Waals surface area contributed by atoms with E-state index in [2.05, 4.69) is 10.3 Å². The Morgan fingerprint density at radius 3 is 2.68 bits per heavy atom. The van der Waals surface area contributed by atoms with Crippen molar-refractivity contribution in [2.75, 3.05) is 31.1 Å². The topological polar surface area (TPSA) is 148 Å². The summed E-state index contributed by atoms with van der Waals surface area (Å²) in [7, 11) is 0. The maximum Gasteiger partial charge on any atom is 0.410 e. The summed E-state index contributed by atoms with van der Waals surface area (Å²) in [4.78, 5) is 53.8. The molecule has 2 saturated heterocycles. The number of aromatic nitrogens is 1. The number of amides is 2. The quantitative estimate of drug-likeness (QED) is 0.453. The lowest BCUT2D eigenvalue weighted by atomic mass is 10.2. The minimum absolute atomic E-state index is 0.00561. The molecular weight excluding hydrogens is 466 g/mol. The third-order valence-electron chi connectivity index (χ3n) is 5.47. The number of hydrogen-bond acceptors (Lipinski definition) is 10. The van der Waals surface area contributed by atoms with Gasteiger partial charge in [0.1, 0.15) is 12.9 Å². The van der Waals surface area contributed by atoms with E-state index in [1.807, 2.05) is 4.90 Å². The highest BCUT2D eigenvalue weighted by molar-refractivity contribution is 8.14. The van der Waals surface area contributed by atoms with Crippen molar-refractivity contribution in [3.8, 4) is 0 Å². The van der Waals surface area contributed by atoms with Gasteiger partial charge in [0.05, 0.1) is 4.92 Å². The van der Waals surface area contributed by atoms with Gasteiger partial charge in [0.25, 0.3) is 17.6 Å². The summed E-state index contributed by atoms with van der Waals surface area (Å²) in [5.41, 5.74) is 0.753. The van der Waals surface area contributed by atoms with Crippen molar-refractivity contribution in [1.29, 1.82) is 0 Å². The molecule has 2 aliphatic rings. The molecule has 0 bridgehead atoms. The molecule has 0 radical (unpaired) electrons. The second-order valence-electron chi connectivity index (χ2n) is 8.03. The van der Waals surface area contributed by atoms with Crippen molar-refractivity contribution >= 4 is 40.6 Å². The van der Waals surface area contributed by atoms with Crippen molar-refractivity contribution in [2.45, 2.75) is 31.2 Å². The van der Waals surface area contributed by atoms with Crippen molar-refractivity contribution in [3.05, 3.63) is 51.9 Å². The number of benzene rings is 1. The van der Waals surface area contributed by atoms with Gasteiger partial charge in [0, 0.05) is 56.5 Å². The van der Waals surface area contributed by atoms with Crippen LogP contribution in [0.4, 0.5) is 16.5 Å². The SMILES string of the molecule is CC(=O)SC1CN(c2nc(C(=O)N[C@@H]3CCN(C(=O)OCc4ccc([N+](=O)[O-])cc4)C3)co2)C1. The van der Waals surface area contributed by atoms with E-state index < -0.39 is 16.9 Å². The maximum atomic E-state index is 12.5.